The van der Waals surface area contributed by atoms with Crippen molar-refractivity contribution in [2.75, 3.05) is 7.11 Å². The molecular weight excluding hydrogens is 291 g/mol. The smallest absolute Gasteiger partial charge is 0.342 e. The summed E-state index contributed by atoms with van der Waals surface area (Å²) < 4.78 is 42.8. The largest absolute Gasteiger partial charge is 0.465 e. The van der Waals surface area contributed by atoms with Crippen LogP contribution in [0, 0.1) is 5.82 Å². The van der Waals surface area contributed by atoms with E-state index in [0.717, 1.165) is 13.3 Å². The summed E-state index contributed by atoms with van der Waals surface area (Å²) in [5.74, 6) is -2.20. The number of pyridine rings is 1. The lowest BCUT2D eigenvalue weighted by Gasteiger charge is -2.09. The average Bonchev–Trinajstić information content (AvgIpc) is 2.27. The summed E-state index contributed by atoms with van der Waals surface area (Å²) >= 11 is 2.96. The summed E-state index contributed by atoms with van der Waals surface area (Å²) in [7, 11) is 0.984. The highest BCUT2D eigenvalue weighted by atomic mass is 79.9. The lowest BCUT2D eigenvalue weighted by molar-refractivity contribution is 0.0580. The Bertz CT molecular complexity index is 412. The van der Waals surface area contributed by atoms with Crippen molar-refractivity contribution in [1.82, 2.24) is 4.98 Å². The van der Waals surface area contributed by atoms with Gasteiger partial charge in [0, 0.05) is 17.1 Å². The molecule has 0 unspecified atom stereocenters. The lowest BCUT2D eigenvalue weighted by Crippen LogP contribution is -2.13. The van der Waals surface area contributed by atoms with Crippen LogP contribution in [-0.2, 0) is 10.1 Å². The topological polar surface area (TPSA) is 39.2 Å². The first-order valence-electron chi connectivity index (χ1n) is 4.12. The van der Waals surface area contributed by atoms with Gasteiger partial charge in [0.05, 0.1) is 7.11 Å². The fraction of sp³-hybridized carbons (Fsp3) is 0.333. The normalized spacial score (nSPS) is 10.6. The van der Waals surface area contributed by atoms with E-state index in [-0.39, 0.29) is 10.9 Å². The van der Waals surface area contributed by atoms with E-state index in [4.69, 9.17) is 0 Å². The van der Waals surface area contributed by atoms with Gasteiger partial charge in [-0.05, 0) is 0 Å². The maximum Gasteiger partial charge on any atom is 0.342 e. The average molecular weight is 298 g/mol. The minimum atomic E-state index is -3.03. The Morgan fingerprint density at radius 1 is 1.62 bits per heavy atom. The molecule has 0 N–H and O–H groups in total. The Morgan fingerprint density at radius 2 is 2.25 bits per heavy atom. The molecule has 0 aliphatic heterocycles. The van der Waals surface area contributed by atoms with Gasteiger partial charge in [0.15, 0.2) is 0 Å². The number of carbonyl (C=O) groups excluding carboxylic acids is 1. The molecule has 0 radical (unpaired) electrons. The molecule has 0 bridgehead atoms. The molecule has 1 rings (SSSR count). The number of rotatable bonds is 3. The van der Waals surface area contributed by atoms with Crippen LogP contribution in [0.25, 0.3) is 0 Å². The number of esters is 1. The van der Waals surface area contributed by atoms with Gasteiger partial charge in [-0.3, -0.25) is 4.98 Å². The number of hydrogen-bond donors (Lipinski definition) is 0. The minimum absolute atomic E-state index is 0.0183. The second kappa shape index (κ2) is 5.29. The summed E-state index contributed by atoms with van der Waals surface area (Å²) in [6.07, 6.45) is -2.08. The monoisotopic (exact) mass is 297 g/mol. The van der Waals surface area contributed by atoms with Gasteiger partial charge in [0.25, 0.3) is 6.43 Å². The van der Waals surface area contributed by atoms with E-state index >= 15 is 0 Å². The molecule has 0 spiro atoms. The van der Waals surface area contributed by atoms with Gasteiger partial charge >= 0.3 is 5.97 Å². The third-order valence-corrected chi connectivity index (χ3v) is 2.46. The van der Waals surface area contributed by atoms with Crippen LogP contribution >= 0.6 is 15.9 Å². The van der Waals surface area contributed by atoms with E-state index in [1.165, 1.54) is 0 Å². The van der Waals surface area contributed by atoms with Crippen molar-refractivity contribution in [2.45, 2.75) is 11.8 Å². The molecule has 0 atom stereocenters. The highest BCUT2D eigenvalue weighted by Crippen LogP contribution is 2.26. The first-order valence-corrected chi connectivity index (χ1v) is 5.24. The Morgan fingerprint density at radius 3 is 2.69 bits per heavy atom. The Hall–Kier alpha value is -1.11. The molecule has 88 valence electrons. The first-order chi connectivity index (χ1) is 7.52. The van der Waals surface area contributed by atoms with E-state index < -0.39 is 29.5 Å². The van der Waals surface area contributed by atoms with Crippen molar-refractivity contribution < 1.29 is 22.7 Å². The molecule has 3 nitrogen and oxygen atoms in total. The first kappa shape index (κ1) is 13.0. The summed E-state index contributed by atoms with van der Waals surface area (Å²) in [6, 6.07) is 0. The maximum atomic E-state index is 13.6. The van der Waals surface area contributed by atoms with Crippen molar-refractivity contribution in [3.05, 3.63) is 28.8 Å². The number of aromatic nitrogens is 1. The quantitative estimate of drug-likeness (QED) is 0.636. The van der Waals surface area contributed by atoms with Crippen LogP contribution in [0.3, 0.4) is 0 Å². The van der Waals surface area contributed by atoms with E-state index in [1.807, 2.05) is 0 Å². The molecule has 1 aromatic rings. The van der Waals surface area contributed by atoms with Crippen molar-refractivity contribution >= 4 is 21.9 Å². The SMILES string of the molecule is COC(=O)c1c(C(F)F)ncc(CBr)c1F. The van der Waals surface area contributed by atoms with Gasteiger partial charge in [0.2, 0.25) is 0 Å². The maximum absolute atomic E-state index is 13.6. The molecule has 0 amide bonds. The van der Waals surface area contributed by atoms with Crippen LogP contribution in [0.2, 0.25) is 0 Å². The number of halogens is 4. The molecule has 1 aromatic heterocycles. The molecule has 1 heterocycles. The molecule has 0 aliphatic carbocycles. The molecule has 0 aromatic carbocycles. The zero-order valence-electron chi connectivity index (χ0n) is 8.14. The molecule has 7 heteroatoms. The van der Waals surface area contributed by atoms with Crippen LogP contribution in [0.5, 0.6) is 0 Å². The van der Waals surface area contributed by atoms with Gasteiger partial charge < -0.3 is 4.74 Å². The van der Waals surface area contributed by atoms with Crippen molar-refractivity contribution in [1.29, 1.82) is 0 Å². The van der Waals surface area contributed by atoms with Gasteiger partial charge in [-0.1, -0.05) is 15.9 Å². The fourth-order valence-electron chi connectivity index (χ4n) is 1.10. The Labute approximate surface area is 97.8 Å². The van der Waals surface area contributed by atoms with Gasteiger partial charge in [0.1, 0.15) is 17.1 Å². The van der Waals surface area contributed by atoms with Crippen molar-refractivity contribution in [2.24, 2.45) is 0 Å². The van der Waals surface area contributed by atoms with Crippen LogP contribution < -0.4 is 0 Å². The van der Waals surface area contributed by atoms with Crippen LogP contribution in [0.4, 0.5) is 13.2 Å². The number of methoxy groups -OCH3 is 1. The van der Waals surface area contributed by atoms with Crippen LogP contribution in [-0.4, -0.2) is 18.1 Å². The highest BCUT2D eigenvalue weighted by molar-refractivity contribution is 9.08. The van der Waals surface area contributed by atoms with Gasteiger partial charge in [-0.25, -0.2) is 18.0 Å². The number of carbonyl (C=O) groups is 1. The Kier molecular flexibility index (Phi) is 4.28. The third-order valence-electron chi connectivity index (χ3n) is 1.86. The number of hydrogen-bond acceptors (Lipinski definition) is 3. The highest BCUT2D eigenvalue weighted by Gasteiger charge is 2.26. The van der Waals surface area contributed by atoms with Crippen LogP contribution in [0.1, 0.15) is 28.0 Å². The second-order valence-electron chi connectivity index (χ2n) is 2.78. The van der Waals surface area contributed by atoms with Crippen molar-refractivity contribution in [3.63, 3.8) is 0 Å². The minimum Gasteiger partial charge on any atom is -0.465 e. The summed E-state index contributed by atoms with van der Waals surface area (Å²) in [5, 5.41) is 0.0688. The zero-order valence-corrected chi connectivity index (χ0v) is 9.72. The summed E-state index contributed by atoms with van der Waals surface area (Å²) in [5.41, 5.74) is -1.70. The number of nitrogens with zero attached hydrogens (tertiary/aromatic N) is 1. The second-order valence-corrected chi connectivity index (χ2v) is 3.34. The summed E-state index contributed by atoms with van der Waals surface area (Å²) in [6.45, 7) is 0. The standard InChI is InChI=1S/C9H7BrF3NO2/c1-16-9(15)5-6(11)4(2-10)3-14-7(5)8(12)13/h3,8H,2H2,1H3. The predicted octanol–water partition coefficient (Wildman–Crippen LogP) is 2.84. The number of alkyl halides is 3. The lowest BCUT2D eigenvalue weighted by atomic mass is 10.1. The van der Waals surface area contributed by atoms with E-state index in [1.54, 1.807) is 0 Å². The van der Waals surface area contributed by atoms with Gasteiger partial charge in [-0.2, -0.15) is 0 Å². The fourth-order valence-corrected chi connectivity index (χ4v) is 1.49. The predicted molar refractivity (Wildman–Crippen MR) is 53.1 cm³/mol. The molecule has 0 saturated heterocycles. The molecule has 0 fully saturated rings. The van der Waals surface area contributed by atoms with E-state index in [0.29, 0.717) is 0 Å². The van der Waals surface area contributed by atoms with E-state index in [2.05, 4.69) is 25.7 Å². The molecule has 0 aliphatic rings. The zero-order chi connectivity index (χ0) is 12.3. The van der Waals surface area contributed by atoms with Gasteiger partial charge in [-0.15, -0.1) is 0 Å². The third kappa shape index (κ3) is 2.34. The summed E-state index contributed by atoms with van der Waals surface area (Å²) in [4.78, 5) is 14.5. The van der Waals surface area contributed by atoms with Crippen LogP contribution in [0.15, 0.2) is 6.20 Å². The molecule has 0 saturated carbocycles. The molecular formula is C9H7BrF3NO2. The molecule has 16 heavy (non-hydrogen) atoms. The Balaban J connectivity index is 3.42. The number of ether oxygens (including phenoxy) is 1. The van der Waals surface area contributed by atoms with Crippen molar-refractivity contribution in [3.8, 4) is 0 Å². The van der Waals surface area contributed by atoms with E-state index in [9.17, 15) is 18.0 Å².